The zero-order chi connectivity index (χ0) is 11.5. The number of thiazole rings is 1. The van der Waals surface area contributed by atoms with Gasteiger partial charge in [-0.3, -0.25) is 4.79 Å². The van der Waals surface area contributed by atoms with Crippen LogP contribution in [0.15, 0.2) is 29.6 Å². The topological polar surface area (TPSA) is 30.0 Å². The van der Waals surface area contributed by atoms with Crippen molar-refractivity contribution in [1.82, 2.24) is 4.98 Å². The molecule has 0 saturated heterocycles. The van der Waals surface area contributed by atoms with Crippen molar-refractivity contribution in [3.05, 3.63) is 40.5 Å². The number of halogens is 1. The molecule has 0 bridgehead atoms. The van der Waals surface area contributed by atoms with Crippen molar-refractivity contribution in [3.63, 3.8) is 0 Å². The fraction of sp³-hybridized carbons (Fsp3) is 0.167. The molecule has 1 heterocycles. The lowest BCUT2D eigenvalue weighted by molar-refractivity contribution is -0.116. The van der Waals surface area contributed by atoms with Gasteiger partial charge in [-0.2, -0.15) is 0 Å². The van der Waals surface area contributed by atoms with Gasteiger partial charge in [-0.1, -0.05) is 12.1 Å². The molecular weight excluding hydrogens is 225 g/mol. The van der Waals surface area contributed by atoms with Crippen LogP contribution in [0.3, 0.4) is 0 Å². The zero-order valence-electron chi connectivity index (χ0n) is 8.74. The van der Waals surface area contributed by atoms with Gasteiger partial charge in [-0.25, -0.2) is 9.37 Å². The summed E-state index contributed by atoms with van der Waals surface area (Å²) in [5.41, 5.74) is 1.46. The molecule has 4 heteroatoms. The maximum atomic E-state index is 13.0. The molecular formula is C12H10FNOS. The second-order valence-electron chi connectivity index (χ2n) is 3.52. The molecule has 82 valence electrons. The molecule has 2 rings (SSSR count). The Bertz CT molecular complexity index is 521. The van der Waals surface area contributed by atoms with E-state index < -0.39 is 0 Å². The Morgan fingerprint density at radius 3 is 3.00 bits per heavy atom. The highest BCUT2D eigenvalue weighted by Crippen LogP contribution is 2.22. The smallest absolute Gasteiger partial charge is 0.136 e. The average molecular weight is 235 g/mol. The molecule has 0 spiro atoms. The summed E-state index contributed by atoms with van der Waals surface area (Å²) in [6.45, 7) is 1.53. The third-order valence-corrected chi connectivity index (χ3v) is 2.92. The van der Waals surface area contributed by atoms with Crippen molar-refractivity contribution in [2.24, 2.45) is 0 Å². The van der Waals surface area contributed by atoms with Gasteiger partial charge >= 0.3 is 0 Å². The van der Waals surface area contributed by atoms with Crippen molar-refractivity contribution in [2.45, 2.75) is 13.3 Å². The Hall–Kier alpha value is -1.55. The summed E-state index contributed by atoms with van der Waals surface area (Å²) < 4.78 is 13.0. The van der Waals surface area contributed by atoms with Gasteiger partial charge in [0.2, 0.25) is 0 Å². The maximum Gasteiger partial charge on any atom is 0.136 e. The largest absolute Gasteiger partial charge is 0.300 e. The maximum absolute atomic E-state index is 13.0. The van der Waals surface area contributed by atoms with Crippen LogP contribution < -0.4 is 0 Å². The third kappa shape index (κ3) is 2.52. The number of carbonyl (C=O) groups is 1. The number of aromatic nitrogens is 1. The number of ketones is 1. The van der Waals surface area contributed by atoms with Gasteiger partial charge in [-0.05, 0) is 19.1 Å². The first-order valence-corrected chi connectivity index (χ1v) is 5.73. The molecule has 0 amide bonds. The molecule has 0 atom stereocenters. The van der Waals surface area contributed by atoms with E-state index in [-0.39, 0.29) is 11.6 Å². The number of hydrogen-bond acceptors (Lipinski definition) is 3. The van der Waals surface area contributed by atoms with Crippen LogP contribution in [-0.2, 0) is 11.2 Å². The Kier molecular flexibility index (Phi) is 3.10. The summed E-state index contributed by atoms with van der Waals surface area (Å²) in [6, 6.07) is 6.28. The molecule has 1 aromatic carbocycles. The molecule has 0 radical (unpaired) electrons. The van der Waals surface area contributed by atoms with Gasteiger partial charge in [0, 0.05) is 10.9 Å². The Labute approximate surface area is 96.8 Å². The van der Waals surface area contributed by atoms with Crippen LogP contribution in [0, 0.1) is 5.82 Å². The number of benzene rings is 1. The first-order chi connectivity index (χ1) is 7.65. The van der Waals surface area contributed by atoms with Crippen LogP contribution in [0.5, 0.6) is 0 Å². The highest BCUT2D eigenvalue weighted by molar-refractivity contribution is 7.10. The van der Waals surface area contributed by atoms with Gasteiger partial charge in [-0.15, -0.1) is 11.3 Å². The lowest BCUT2D eigenvalue weighted by Gasteiger charge is -1.95. The van der Waals surface area contributed by atoms with E-state index in [0.29, 0.717) is 6.42 Å². The van der Waals surface area contributed by atoms with Crippen LogP contribution in [0.2, 0.25) is 0 Å². The van der Waals surface area contributed by atoms with E-state index in [0.717, 1.165) is 16.3 Å². The second-order valence-corrected chi connectivity index (χ2v) is 4.46. The van der Waals surface area contributed by atoms with Crippen LogP contribution in [0.1, 0.15) is 11.9 Å². The van der Waals surface area contributed by atoms with E-state index in [1.165, 1.54) is 30.4 Å². The number of nitrogens with zero attached hydrogens (tertiary/aromatic N) is 1. The lowest BCUT2D eigenvalue weighted by Crippen LogP contribution is -1.95. The zero-order valence-corrected chi connectivity index (χ0v) is 9.55. The van der Waals surface area contributed by atoms with Crippen molar-refractivity contribution in [1.29, 1.82) is 0 Å². The van der Waals surface area contributed by atoms with Gasteiger partial charge in [0.15, 0.2) is 0 Å². The summed E-state index contributed by atoms with van der Waals surface area (Å²) in [4.78, 5) is 15.2. The monoisotopic (exact) mass is 235 g/mol. The SMILES string of the molecule is CC(=O)Cc1nc(-c2cccc(F)c2)cs1. The van der Waals surface area contributed by atoms with E-state index in [9.17, 15) is 9.18 Å². The summed E-state index contributed by atoms with van der Waals surface area (Å²) in [7, 11) is 0. The molecule has 2 aromatic rings. The second kappa shape index (κ2) is 4.53. The van der Waals surface area contributed by atoms with Gasteiger partial charge in [0.1, 0.15) is 16.6 Å². The molecule has 0 unspecified atom stereocenters. The number of Topliss-reactive ketones (excluding diaryl/α,β-unsaturated/α-hetero) is 1. The molecule has 1 aromatic heterocycles. The summed E-state index contributed by atoms with van der Waals surface area (Å²) in [5.74, 6) is -0.196. The van der Waals surface area contributed by atoms with Crippen molar-refractivity contribution >= 4 is 17.1 Å². The minimum atomic E-state index is -0.279. The predicted octanol–water partition coefficient (Wildman–Crippen LogP) is 3.08. The quantitative estimate of drug-likeness (QED) is 0.818. The first kappa shape index (κ1) is 11.0. The molecule has 0 fully saturated rings. The van der Waals surface area contributed by atoms with Crippen LogP contribution >= 0.6 is 11.3 Å². The Morgan fingerprint density at radius 1 is 1.50 bits per heavy atom. The minimum absolute atomic E-state index is 0.0835. The Balaban J connectivity index is 2.28. The first-order valence-electron chi connectivity index (χ1n) is 4.85. The van der Waals surface area contributed by atoms with Crippen LogP contribution in [0.4, 0.5) is 4.39 Å². The highest BCUT2D eigenvalue weighted by Gasteiger charge is 2.06. The highest BCUT2D eigenvalue weighted by atomic mass is 32.1. The normalized spacial score (nSPS) is 10.4. The van der Waals surface area contributed by atoms with E-state index in [2.05, 4.69) is 4.98 Å². The third-order valence-electron chi connectivity index (χ3n) is 2.07. The summed E-state index contributed by atoms with van der Waals surface area (Å²) in [5, 5.41) is 2.61. The Morgan fingerprint density at radius 2 is 2.31 bits per heavy atom. The molecule has 0 saturated carbocycles. The number of rotatable bonds is 3. The van der Waals surface area contributed by atoms with Gasteiger partial charge in [0.25, 0.3) is 0 Å². The fourth-order valence-electron chi connectivity index (χ4n) is 1.39. The van der Waals surface area contributed by atoms with E-state index >= 15 is 0 Å². The molecule has 0 aliphatic heterocycles. The van der Waals surface area contributed by atoms with Gasteiger partial charge in [0.05, 0.1) is 12.1 Å². The van der Waals surface area contributed by atoms with E-state index in [4.69, 9.17) is 0 Å². The van der Waals surface area contributed by atoms with Gasteiger partial charge < -0.3 is 0 Å². The van der Waals surface area contributed by atoms with E-state index in [1.54, 1.807) is 12.1 Å². The average Bonchev–Trinajstić information content (AvgIpc) is 2.65. The molecule has 2 nitrogen and oxygen atoms in total. The van der Waals surface area contributed by atoms with Crippen molar-refractivity contribution in [3.8, 4) is 11.3 Å². The van der Waals surface area contributed by atoms with Crippen LogP contribution in [0.25, 0.3) is 11.3 Å². The van der Waals surface area contributed by atoms with Crippen LogP contribution in [-0.4, -0.2) is 10.8 Å². The molecule has 0 aliphatic rings. The predicted molar refractivity (Wildman–Crippen MR) is 61.9 cm³/mol. The van der Waals surface area contributed by atoms with Crippen molar-refractivity contribution in [2.75, 3.05) is 0 Å². The van der Waals surface area contributed by atoms with E-state index in [1.807, 2.05) is 5.38 Å². The fourth-order valence-corrected chi connectivity index (χ4v) is 2.26. The standard InChI is InChI=1S/C12H10FNOS/c1-8(15)5-12-14-11(7-16-12)9-3-2-4-10(13)6-9/h2-4,6-7H,5H2,1H3. The molecule has 16 heavy (non-hydrogen) atoms. The lowest BCUT2D eigenvalue weighted by atomic mass is 10.2. The number of hydrogen-bond donors (Lipinski definition) is 0. The molecule has 0 aliphatic carbocycles. The number of carbonyl (C=O) groups excluding carboxylic acids is 1. The van der Waals surface area contributed by atoms with Crippen molar-refractivity contribution < 1.29 is 9.18 Å². The minimum Gasteiger partial charge on any atom is -0.300 e. The summed E-state index contributed by atoms with van der Waals surface area (Å²) >= 11 is 1.42. The molecule has 0 N–H and O–H groups in total. The summed E-state index contributed by atoms with van der Waals surface area (Å²) in [6.07, 6.45) is 0.347.